The van der Waals surface area contributed by atoms with Crippen molar-refractivity contribution in [3.05, 3.63) is 0 Å². The van der Waals surface area contributed by atoms with Gasteiger partial charge >= 0.3 is 23.1 Å². The lowest BCUT2D eigenvalue weighted by atomic mass is 10.6. The first-order chi connectivity index (χ1) is 1.73. The zero-order valence-electron chi connectivity index (χ0n) is 2.91. The predicted octanol–water partition coefficient (Wildman–Crippen LogP) is -1.50. The first kappa shape index (κ1) is 15.8. The summed E-state index contributed by atoms with van der Waals surface area (Å²) in [7, 11) is 0. The number of Topliss-reactive ketones (excluding diaryl/α,β-unsaturated/α-hetero) is 1. The van der Waals surface area contributed by atoms with Gasteiger partial charge in [-0.2, -0.15) is 0 Å². The van der Waals surface area contributed by atoms with Crippen molar-refractivity contribution in [2.75, 3.05) is 0 Å². The largest absolute Gasteiger partial charge is 0.316 e. The lowest BCUT2D eigenvalue weighted by Crippen LogP contribution is -1.69. The van der Waals surface area contributed by atoms with E-state index in [2.05, 4.69) is 0 Å². The molecule has 0 aliphatic carbocycles. The molecule has 0 rings (SSSR count). The molecule has 3 heteroatoms. The average molecular weight is 114 g/mol. The lowest BCUT2D eigenvalue weighted by Gasteiger charge is -1.56. The fourth-order valence-electron chi connectivity index (χ4n) is 0. The van der Waals surface area contributed by atoms with Gasteiger partial charge in [0.15, 0.2) is 17.4 Å². The SMILES string of the molecule is CC(C)=O.[AlH3].[MgH2]. The van der Waals surface area contributed by atoms with Gasteiger partial charge in [0, 0.05) is 0 Å². The molecule has 0 heterocycles. The smallest absolute Gasteiger partial charge is 0.300 e. The number of carbonyl (C=O) groups excluding carboxylic acids is 1. The molecule has 0 radical (unpaired) electrons. The van der Waals surface area contributed by atoms with Gasteiger partial charge in [0.05, 0.1) is 0 Å². The Labute approximate surface area is 64.8 Å². The summed E-state index contributed by atoms with van der Waals surface area (Å²) in [4.78, 5) is 9.44. The van der Waals surface area contributed by atoms with Crippen LogP contribution in [0.25, 0.3) is 0 Å². The van der Waals surface area contributed by atoms with Gasteiger partial charge in [-0.3, -0.25) is 0 Å². The summed E-state index contributed by atoms with van der Waals surface area (Å²) in [6.45, 7) is 3.06. The Balaban J connectivity index is -0.0000000450. The molecule has 6 heavy (non-hydrogen) atoms. The molecular formula is C3H11AlMgO. The lowest BCUT2D eigenvalue weighted by molar-refractivity contribution is -0.114. The van der Waals surface area contributed by atoms with Crippen LogP contribution in [0.1, 0.15) is 13.8 Å². The monoisotopic (exact) mass is 114 g/mol. The molecule has 34 valence electrons. The highest BCUT2D eigenvalue weighted by Gasteiger charge is 1.62. The fourth-order valence-corrected chi connectivity index (χ4v) is 0. The van der Waals surface area contributed by atoms with E-state index in [1.807, 2.05) is 0 Å². The van der Waals surface area contributed by atoms with Crippen molar-refractivity contribution in [2.24, 2.45) is 0 Å². The van der Waals surface area contributed by atoms with E-state index in [0.29, 0.717) is 0 Å². The third kappa shape index (κ3) is 83.4. The number of hydrogen-bond acceptors (Lipinski definition) is 1. The molecule has 0 saturated carbocycles. The van der Waals surface area contributed by atoms with E-state index >= 15 is 0 Å². The van der Waals surface area contributed by atoms with Gasteiger partial charge in [0.1, 0.15) is 5.78 Å². The Kier molecular flexibility index (Phi) is 24.6. The number of carbonyl (C=O) groups is 1. The summed E-state index contributed by atoms with van der Waals surface area (Å²) in [5, 5.41) is 0. The first-order valence-electron chi connectivity index (χ1n) is 1.20. The van der Waals surface area contributed by atoms with Crippen LogP contribution < -0.4 is 0 Å². The van der Waals surface area contributed by atoms with Gasteiger partial charge in [-0.05, 0) is 13.8 Å². The van der Waals surface area contributed by atoms with Crippen molar-refractivity contribution in [3.63, 3.8) is 0 Å². The molecule has 0 fully saturated rings. The maximum Gasteiger partial charge on any atom is 0.316 e. The van der Waals surface area contributed by atoms with Crippen LogP contribution in [0.2, 0.25) is 0 Å². The van der Waals surface area contributed by atoms with Crippen LogP contribution in [0.5, 0.6) is 0 Å². The van der Waals surface area contributed by atoms with E-state index in [0.717, 1.165) is 0 Å². The van der Waals surface area contributed by atoms with Crippen molar-refractivity contribution in [1.29, 1.82) is 0 Å². The van der Waals surface area contributed by atoms with E-state index in [1.165, 1.54) is 13.8 Å². The second kappa shape index (κ2) is 9.36. The molecule has 0 aromatic carbocycles. The molecule has 0 unspecified atom stereocenters. The van der Waals surface area contributed by atoms with Crippen molar-refractivity contribution in [2.45, 2.75) is 13.8 Å². The van der Waals surface area contributed by atoms with Crippen molar-refractivity contribution < 1.29 is 4.79 Å². The van der Waals surface area contributed by atoms with E-state index in [4.69, 9.17) is 0 Å². The third-order valence-electron chi connectivity index (χ3n) is 0. The molecule has 1 nitrogen and oxygen atoms in total. The molecule has 0 aliphatic heterocycles. The summed E-state index contributed by atoms with van der Waals surface area (Å²) in [6.07, 6.45) is 0. The van der Waals surface area contributed by atoms with Gasteiger partial charge in [-0.1, -0.05) is 0 Å². The van der Waals surface area contributed by atoms with Gasteiger partial charge < -0.3 is 4.79 Å². The van der Waals surface area contributed by atoms with Crippen LogP contribution in [0.3, 0.4) is 0 Å². The summed E-state index contributed by atoms with van der Waals surface area (Å²) in [6, 6.07) is 0. The molecule has 0 bridgehead atoms. The van der Waals surface area contributed by atoms with Crippen LogP contribution >= 0.6 is 0 Å². The van der Waals surface area contributed by atoms with E-state index in [1.54, 1.807) is 0 Å². The quantitative estimate of drug-likeness (QED) is 0.350. The normalized spacial score (nSPS) is 4.33. The van der Waals surface area contributed by atoms with E-state index in [-0.39, 0.29) is 46.2 Å². The minimum absolute atomic E-state index is 0. The molecule has 0 atom stereocenters. The highest BCUT2D eigenvalue weighted by Crippen LogP contribution is 1.50. The molecule has 0 amide bonds. The molecule has 0 saturated heterocycles. The van der Waals surface area contributed by atoms with Crippen LogP contribution in [0, 0.1) is 0 Å². The topological polar surface area (TPSA) is 17.1 Å². The van der Waals surface area contributed by atoms with Gasteiger partial charge in [-0.15, -0.1) is 0 Å². The van der Waals surface area contributed by atoms with Crippen molar-refractivity contribution in [3.8, 4) is 0 Å². The molecule has 0 spiro atoms. The molecule has 0 aromatic rings. The van der Waals surface area contributed by atoms with E-state index < -0.39 is 0 Å². The molecule has 0 N–H and O–H groups in total. The summed E-state index contributed by atoms with van der Waals surface area (Å²) in [5.74, 6) is 0.167. The van der Waals surface area contributed by atoms with Crippen LogP contribution in [-0.4, -0.2) is 46.2 Å². The summed E-state index contributed by atoms with van der Waals surface area (Å²) >= 11 is 0. The maximum atomic E-state index is 9.44. The van der Waals surface area contributed by atoms with Crippen molar-refractivity contribution in [1.82, 2.24) is 0 Å². The fraction of sp³-hybridized carbons (Fsp3) is 0.667. The van der Waals surface area contributed by atoms with Gasteiger partial charge in [-0.25, -0.2) is 0 Å². The zero-order valence-corrected chi connectivity index (χ0v) is 2.91. The zero-order chi connectivity index (χ0) is 3.58. The predicted molar refractivity (Wildman–Crippen MR) is 34.8 cm³/mol. The Morgan fingerprint density at radius 2 is 1.33 bits per heavy atom. The Morgan fingerprint density at radius 1 is 1.33 bits per heavy atom. The van der Waals surface area contributed by atoms with E-state index in [9.17, 15) is 4.79 Å². The second-order valence-electron chi connectivity index (χ2n) is 0.908. The average Bonchev–Trinajstić information content (AvgIpc) is 0.811. The Bertz CT molecular complexity index is 33.8. The molecule has 0 aliphatic rings. The highest BCUT2D eigenvalue weighted by atomic mass is 27.0. The van der Waals surface area contributed by atoms with Crippen LogP contribution in [0.4, 0.5) is 0 Å². The highest BCUT2D eigenvalue weighted by molar-refractivity contribution is 5.76. The molecular weight excluding hydrogens is 103 g/mol. The maximum absolute atomic E-state index is 9.44. The Morgan fingerprint density at radius 3 is 1.33 bits per heavy atom. The van der Waals surface area contributed by atoms with Crippen LogP contribution in [-0.2, 0) is 4.79 Å². The van der Waals surface area contributed by atoms with Gasteiger partial charge in [0.2, 0.25) is 0 Å². The third-order valence-corrected chi connectivity index (χ3v) is 0. The molecule has 0 aromatic heterocycles. The second-order valence-corrected chi connectivity index (χ2v) is 0.908. The number of rotatable bonds is 0. The van der Waals surface area contributed by atoms with Gasteiger partial charge in [0.25, 0.3) is 0 Å². The number of hydrogen-bond donors (Lipinski definition) is 0. The summed E-state index contributed by atoms with van der Waals surface area (Å²) < 4.78 is 0. The standard InChI is InChI=1S/C3H6O.Al.Mg.5H/c1-3(2)4;;;;;;;/h1-2H3;;;;;;;. The van der Waals surface area contributed by atoms with Crippen molar-refractivity contribution >= 4 is 46.2 Å². The first-order valence-corrected chi connectivity index (χ1v) is 1.20. The Hall–Kier alpha value is 0.969. The minimum atomic E-state index is 0. The van der Waals surface area contributed by atoms with Crippen LogP contribution in [0.15, 0.2) is 0 Å². The number of ketones is 1. The minimum Gasteiger partial charge on any atom is -0.300 e. The summed E-state index contributed by atoms with van der Waals surface area (Å²) in [5.41, 5.74) is 0.